The first kappa shape index (κ1) is 19.5. The molecular weight excluding hydrogens is 344 g/mol. The van der Waals surface area contributed by atoms with Crippen LogP contribution in [-0.2, 0) is 11.3 Å². The van der Waals surface area contributed by atoms with Gasteiger partial charge in [-0.3, -0.25) is 14.7 Å². The summed E-state index contributed by atoms with van der Waals surface area (Å²) in [5, 5.41) is 10.7. The molecule has 0 radical (unpaired) electrons. The fraction of sp³-hybridized carbons (Fsp3) is 0.500. The third-order valence-electron chi connectivity index (χ3n) is 5.22. The molecule has 1 fully saturated rings. The minimum absolute atomic E-state index is 0.0407. The summed E-state index contributed by atoms with van der Waals surface area (Å²) in [6.45, 7) is 6.20. The van der Waals surface area contributed by atoms with Gasteiger partial charge in [-0.2, -0.15) is 0 Å². The molecule has 2 aromatic rings. The molecule has 0 aliphatic carbocycles. The van der Waals surface area contributed by atoms with Gasteiger partial charge in [0.2, 0.25) is 0 Å². The molecule has 1 atom stereocenters. The van der Waals surface area contributed by atoms with Gasteiger partial charge in [-0.05, 0) is 31.7 Å². The second-order valence-corrected chi connectivity index (χ2v) is 7.06. The minimum atomic E-state index is -0.325. The van der Waals surface area contributed by atoms with E-state index in [1.165, 1.54) is 0 Å². The lowest BCUT2D eigenvalue weighted by Crippen LogP contribution is -2.47. The SMILES string of the molecule is COCCn1c(C)cc(O)c(C(c2cccnc2)N2CCN(C)CC2)c1=O. The summed E-state index contributed by atoms with van der Waals surface area (Å²) in [7, 11) is 3.71. The molecule has 1 aliphatic heterocycles. The van der Waals surface area contributed by atoms with Crippen molar-refractivity contribution in [2.45, 2.75) is 19.5 Å². The van der Waals surface area contributed by atoms with Crippen molar-refractivity contribution in [2.75, 3.05) is 46.9 Å². The molecule has 146 valence electrons. The van der Waals surface area contributed by atoms with Gasteiger partial charge < -0.3 is 19.3 Å². The Kier molecular flexibility index (Phi) is 6.26. The molecule has 0 amide bonds. The monoisotopic (exact) mass is 372 g/mol. The Hall–Kier alpha value is -2.22. The van der Waals surface area contributed by atoms with Crippen molar-refractivity contribution in [3.8, 4) is 5.75 Å². The van der Waals surface area contributed by atoms with Crippen molar-refractivity contribution in [2.24, 2.45) is 0 Å². The number of nitrogens with zero attached hydrogens (tertiary/aromatic N) is 4. The lowest BCUT2D eigenvalue weighted by Gasteiger charge is -2.38. The van der Waals surface area contributed by atoms with E-state index in [1.54, 1.807) is 30.1 Å². The average molecular weight is 372 g/mol. The maximum atomic E-state index is 13.3. The Balaban J connectivity index is 2.11. The number of rotatable bonds is 6. The zero-order valence-corrected chi connectivity index (χ0v) is 16.3. The summed E-state index contributed by atoms with van der Waals surface area (Å²) in [4.78, 5) is 22.1. The van der Waals surface area contributed by atoms with Crippen LogP contribution in [0, 0.1) is 6.92 Å². The highest BCUT2D eigenvalue weighted by Crippen LogP contribution is 2.32. The van der Waals surface area contributed by atoms with E-state index >= 15 is 0 Å². The standard InChI is InChI=1S/C20H28N4O3/c1-15-13-17(25)18(20(26)24(15)11-12-27-3)19(16-5-4-6-21-14-16)23-9-7-22(2)8-10-23/h4-6,13-14,19,25H,7-12H2,1-3H3. The Labute approximate surface area is 159 Å². The Morgan fingerprint density at radius 1 is 1.30 bits per heavy atom. The van der Waals surface area contributed by atoms with Gasteiger partial charge in [-0.1, -0.05) is 6.07 Å². The van der Waals surface area contributed by atoms with Crippen molar-refractivity contribution in [3.05, 3.63) is 57.8 Å². The number of aromatic hydroxyl groups is 1. The predicted molar refractivity (Wildman–Crippen MR) is 104 cm³/mol. The highest BCUT2D eigenvalue weighted by molar-refractivity contribution is 5.40. The Bertz CT molecular complexity index is 814. The Morgan fingerprint density at radius 3 is 2.67 bits per heavy atom. The summed E-state index contributed by atoms with van der Waals surface area (Å²) in [5.74, 6) is 0.0407. The van der Waals surface area contributed by atoms with Gasteiger partial charge in [-0.25, -0.2) is 0 Å². The van der Waals surface area contributed by atoms with Crippen LogP contribution < -0.4 is 5.56 Å². The molecule has 1 saturated heterocycles. The number of hydrogen-bond donors (Lipinski definition) is 1. The zero-order chi connectivity index (χ0) is 19.4. The van der Waals surface area contributed by atoms with Gasteiger partial charge in [0.1, 0.15) is 5.75 Å². The first-order valence-corrected chi connectivity index (χ1v) is 9.27. The van der Waals surface area contributed by atoms with Crippen LogP contribution in [-0.4, -0.2) is 71.4 Å². The van der Waals surface area contributed by atoms with Gasteiger partial charge >= 0.3 is 0 Å². The quantitative estimate of drug-likeness (QED) is 0.823. The van der Waals surface area contributed by atoms with Gasteiger partial charge in [0.15, 0.2) is 0 Å². The Morgan fingerprint density at radius 2 is 2.04 bits per heavy atom. The molecule has 7 heteroatoms. The summed E-state index contributed by atoms with van der Waals surface area (Å²) < 4.78 is 6.83. The van der Waals surface area contributed by atoms with Crippen molar-refractivity contribution in [1.82, 2.24) is 19.4 Å². The van der Waals surface area contributed by atoms with Gasteiger partial charge in [-0.15, -0.1) is 0 Å². The molecule has 0 spiro atoms. The molecule has 2 aromatic heterocycles. The van der Waals surface area contributed by atoms with Crippen LogP contribution in [0.2, 0.25) is 0 Å². The van der Waals surface area contributed by atoms with E-state index in [2.05, 4.69) is 21.8 Å². The number of piperazine rings is 1. The normalized spacial score (nSPS) is 17.1. The summed E-state index contributed by atoms with van der Waals surface area (Å²) in [6.07, 6.45) is 3.50. The van der Waals surface area contributed by atoms with Gasteiger partial charge in [0.25, 0.3) is 5.56 Å². The molecule has 0 aromatic carbocycles. The third-order valence-corrected chi connectivity index (χ3v) is 5.22. The molecule has 27 heavy (non-hydrogen) atoms. The van der Waals surface area contributed by atoms with Crippen LogP contribution >= 0.6 is 0 Å². The second-order valence-electron chi connectivity index (χ2n) is 7.06. The van der Waals surface area contributed by atoms with Crippen LogP contribution in [0.4, 0.5) is 0 Å². The van der Waals surface area contributed by atoms with Crippen LogP contribution in [0.15, 0.2) is 35.4 Å². The van der Waals surface area contributed by atoms with E-state index in [0.717, 1.165) is 37.4 Å². The number of likely N-dealkylation sites (N-methyl/N-ethyl adjacent to an activating group) is 1. The largest absolute Gasteiger partial charge is 0.507 e. The first-order chi connectivity index (χ1) is 13.0. The maximum absolute atomic E-state index is 13.3. The lowest BCUT2D eigenvalue weighted by atomic mass is 9.97. The van der Waals surface area contributed by atoms with Crippen molar-refractivity contribution in [3.63, 3.8) is 0 Å². The van der Waals surface area contributed by atoms with Crippen LogP contribution in [0.25, 0.3) is 0 Å². The van der Waals surface area contributed by atoms with E-state index in [-0.39, 0.29) is 17.4 Å². The van der Waals surface area contributed by atoms with Gasteiger partial charge in [0, 0.05) is 57.9 Å². The number of methoxy groups -OCH3 is 1. The molecule has 3 heterocycles. The summed E-state index contributed by atoms with van der Waals surface area (Å²) in [6, 6.07) is 5.18. The highest BCUT2D eigenvalue weighted by atomic mass is 16.5. The maximum Gasteiger partial charge on any atom is 0.259 e. The van der Waals surface area contributed by atoms with Crippen molar-refractivity contribution < 1.29 is 9.84 Å². The average Bonchev–Trinajstić information content (AvgIpc) is 2.66. The number of ether oxygens (including phenoxy) is 1. The van der Waals surface area contributed by atoms with Crippen molar-refractivity contribution in [1.29, 1.82) is 0 Å². The summed E-state index contributed by atoms with van der Waals surface area (Å²) in [5.41, 5.74) is 1.88. The fourth-order valence-corrected chi connectivity index (χ4v) is 3.66. The fourth-order valence-electron chi connectivity index (χ4n) is 3.66. The van der Waals surface area contributed by atoms with Crippen molar-refractivity contribution >= 4 is 0 Å². The van der Waals surface area contributed by atoms with E-state index in [4.69, 9.17) is 4.74 Å². The van der Waals surface area contributed by atoms with E-state index in [0.29, 0.717) is 18.7 Å². The second kappa shape index (κ2) is 8.65. The number of pyridine rings is 2. The molecular formula is C20H28N4O3. The third kappa shape index (κ3) is 4.21. The van der Waals surface area contributed by atoms with E-state index in [9.17, 15) is 9.90 Å². The number of hydrogen-bond acceptors (Lipinski definition) is 6. The highest BCUT2D eigenvalue weighted by Gasteiger charge is 2.30. The molecule has 7 nitrogen and oxygen atoms in total. The van der Waals surface area contributed by atoms with Crippen LogP contribution in [0.3, 0.4) is 0 Å². The van der Waals surface area contributed by atoms with Crippen LogP contribution in [0.1, 0.15) is 22.9 Å². The molecule has 1 unspecified atom stereocenters. The molecule has 0 saturated carbocycles. The molecule has 3 rings (SSSR count). The van der Waals surface area contributed by atoms with E-state index < -0.39 is 0 Å². The van der Waals surface area contributed by atoms with E-state index in [1.807, 2.05) is 19.1 Å². The lowest BCUT2D eigenvalue weighted by molar-refractivity contribution is 0.125. The zero-order valence-electron chi connectivity index (χ0n) is 16.3. The minimum Gasteiger partial charge on any atom is -0.507 e. The topological polar surface area (TPSA) is 70.8 Å². The molecule has 0 bridgehead atoms. The predicted octanol–water partition coefficient (Wildman–Crippen LogP) is 1.24. The van der Waals surface area contributed by atoms with Crippen LogP contribution in [0.5, 0.6) is 5.75 Å². The first-order valence-electron chi connectivity index (χ1n) is 9.27. The smallest absolute Gasteiger partial charge is 0.259 e. The molecule has 1 N–H and O–H groups in total. The van der Waals surface area contributed by atoms with Gasteiger partial charge in [0.05, 0.1) is 18.2 Å². The molecule has 1 aliphatic rings. The summed E-state index contributed by atoms with van der Waals surface area (Å²) >= 11 is 0. The number of aryl methyl sites for hydroxylation is 1. The number of aromatic nitrogens is 2.